The highest BCUT2D eigenvalue weighted by molar-refractivity contribution is 5.46. The summed E-state index contributed by atoms with van der Waals surface area (Å²) >= 11 is 0. The molecule has 0 spiro atoms. The van der Waals surface area contributed by atoms with Crippen LogP contribution < -0.4 is 4.74 Å². The Morgan fingerprint density at radius 2 is 1.82 bits per heavy atom. The minimum atomic E-state index is 0.376. The first-order valence-corrected chi connectivity index (χ1v) is 7.26. The van der Waals surface area contributed by atoms with Gasteiger partial charge < -0.3 is 13.6 Å². The van der Waals surface area contributed by atoms with Crippen LogP contribution in [-0.4, -0.2) is 4.98 Å². The van der Waals surface area contributed by atoms with Crippen molar-refractivity contribution in [2.75, 3.05) is 0 Å². The Balaban J connectivity index is 1.82. The summed E-state index contributed by atoms with van der Waals surface area (Å²) in [6, 6.07) is 7.81. The highest BCUT2D eigenvalue weighted by atomic mass is 16.5. The van der Waals surface area contributed by atoms with Crippen LogP contribution in [0.2, 0.25) is 0 Å². The second kappa shape index (κ2) is 5.72. The van der Waals surface area contributed by atoms with Crippen LogP contribution in [-0.2, 0) is 6.61 Å². The van der Waals surface area contributed by atoms with Crippen molar-refractivity contribution in [3.8, 4) is 17.4 Å². The summed E-state index contributed by atoms with van der Waals surface area (Å²) in [7, 11) is 0. The third-order valence-corrected chi connectivity index (χ3v) is 3.85. The van der Waals surface area contributed by atoms with Crippen molar-refractivity contribution in [2.45, 2.75) is 34.3 Å². The molecule has 1 aromatic carbocycles. The summed E-state index contributed by atoms with van der Waals surface area (Å²) in [5.41, 5.74) is 4.28. The predicted octanol–water partition coefficient (Wildman–Crippen LogP) is 4.75. The molecule has 0 aliphatic rings. The van der Waals surface area contributed by atoms with E-state index in [1.807, 2.05) is 26.0 Å². The van der Waals surface area contributed by atoms with E-state index in [0.29, 0.717) is 18.3 Å². The van der Waals surface area contributed by atoms with Gasteiger partial charge in [-0.15, -0.1) is 0 Å². The van der Waals surface area contributed by atoms with Gasteiger partial charge in [-0.3, -0.25) is 0 Å². The second-order valence-corrected chi connectivity index (χ2v) is 5.44. The Kier molecular flexibility index (Phi) is 3.75. The number of rotatable bonds is 4. The molecule has 0 unspecified atom stereocenters. The van der Waals surface area contributed by atoms with Gasteiger partial charge in [-0.2, -0.15) is 0 Å². The Morgan fingerprint density at radius 1 is 1.05 bits per heavy atom. The number of hydrogen-bond acceptors (Lipinski definition) is 4. The molecular formula is C18H19NO3. The molecule has 22 heavy (non-hydrogen) atoms. The van der Waals surface area contributed by atoms with E-state index in [2.05, 4.69) is 31.0 Å². The largest absolute Gasteiger partial charge is 0.487 e. The molecule has 0 fully saturated rings. The molecule has 0 aliphatic heterocycles. The zero-order chi connectivity index (χ0) is 15.7. The molecule has 3 rings (SSSR count). The van der Waals surface area contributed by atoms with Gasteiger partial charge in [0.05, 0.1) is 6.26 Å². The van der Waals surface area contributed by atoms with Gasteiger partial charge in [-0.1, -0.05) is 12.1 Å². The summed E-state index contributed by atoms with van der Waals surface area (Å²) in [5.74, 6) is 2.77. The molecule has 0 bridgehead atoms. The fourth-order valence-corrected chi connectivity index (χ4v) is 2.36. The number of benzene rings is 1. The first-order chi connectivity index (χ1) is 10.6. The summed E-state index contributed by atoms with van der Waals surface area (Å²) in [6.07, 6.45) is 1.60. The van der Waals surface area contributed by atoms with Gasteiger partial charge in [-0.05, 0) is 56.5 Å². The van der Waals surface area contributed by atoms with E-state index in [1.165, 1.54) is 5.56 Å². The van der Waals surface area contributed by atoms with Gasteiger partial charge in [0.1, 0.15) is 23.8 Å². The molecule has 4 heteroatoms. The number of oxazole rings is 1. The average Bonchev–Trinajstić information content (AvgIpc) is 3.13. The van der Waals surface area contributed by atoms with E-state index in [4.69, 9.17) is 13.6 Å². The van der Waals surface area contributed by atoms with E-state index in [0.717, 1.165) is 28.3 Å². The molecule has 0 saturated carbocycles. The smallest absolute Gasteiger partial charge is 0.263 e. The topological polar surface area (TPSA) is 48.4 Å². The lowest BCUT2D eigenvalue weighted by Crippen LogP contribution is -2.01. The number of aromatic nitrogens is 1. The average molecular weight is 297 g/mol. The number of nitrogens with zero attached hydrogens (tertiary/aromatic N) is 1. The lowest BCUT2D eigenvalue weighted by atomic mass is 10.1. The molecule has 0 saturated heterocycles. The van der Waals surface area contributed by atoms with E-state index in [-0.39, 0.29) is 0 Å². The van der Waals surface area contributed by atoms with Gasteiger partial charge in [-0.25, -0.2) is 4.98 Å². The van der Waals surface area contributed by atoms with Gasteiger partial charge in [0.25, 0.3) is 5.89 Å². The molecule has 0 N–H and O–H groups in total. The van der Waals surface area contributed by atoms with Gasteiger partial charge in [0.2, 0.25) is 0 Å². The van der Waals surface area contributed by atoms with Gasteiger partial charge in [0, 0.05) is 0 Å². The lowest BCUT2D eigenvalue weighted by molar-refractivity contribution is 0.295. The van der Waals surface area contributed by atoms with E-state index in [1.54, 1.807) is 6.26 Å². The van der Waals surface area contributed by atoms with Crippen molar-refractivity contribution < 1.29 is 13.6 Å². The molecule has 2 heterocycles. The van der Waals surface area contributed by atoms with Crippen LogP contribution >= 0.6 is 0 Å². The molecule has 2 aromatic heterocycles. The zero-order valence-corrected chi connectivity index (χ0v) is 13.3. The normalized spacial score (nSPS) is 10.9. The Morgan fingerprint density at radius 3 is 2.55 bits per heavy atom. The summed E-state index contributed by atoms with van der Waals surface area (Å²) < 4.78 is 16.9. The third kappa shape index (κ3) is 2.64. The van der Waals surface area contributed by atoms with Crippen molar-refractivity contribution in [3.05, 3.63) is 58.7 Å². The fourth-order valence-electron chi connectivity index (χ4n) is 2.36. The van der Waals surface area contributed by atoms with Crippen molar-refractivity contribution in [1.29, 1.82) is 0 Å². The highest BCUT2D eigenvalue weighted by Gasteiger charge is 2.15. The zero-order valence-electron chi connectivity index (χ0n) is 13.3. The van der Waals surface area contributed by atoms with E-state index < -0.39 is 0 Å². The maximum Gasteiger partial charge on any atom is 0.263 e. The molecular weight excluding hydrogens is 278 g/mol. The van der Waals surface area contributed by atoms with Crippen molar-refractivity contribution >= 4 is 0 Å². The minimum Gasteiger partial charge on any atom is -0.487 e. The molecule has 0 aliphatic carbocycles. The summed E-state index contributed by atoms with van der Waals surface area (Å²) in [4.78, 5) is 4.46. The number of hydrogen-bond donors (Lipinski definition) is 0. The predicted molar refractivity (Wildman–Crippen MR) is 83.9 cm³/mol. The van der Waals surface area contributed by atoms with Crippen LogP contribution in [0.1, 0.15) is 28.1 Å². The molecule has 0 radical (unpaired) electrons. The van der Waals surface area contributed by atoms with Crippen LogP contribution in [0.5, 0.6) is 5.75 Å². The minimum absolute atomic E-state index is 0.376. The van der Waals surface area contributed by atoms with Crippen LogP contribution in [0.15, 0.2) is 39.4 Å². The quantitative estimate of drug-likeness (QED) is 0.697. The van der Waals surface area contributed by atoms with Crippen LogP contribution in [0.3, 0.4) is 0 Å². The summed E-state index contributed by atoms with van der Waals surface area (Å²) in [5, 5.41) is 0. The monoisotopic (exact) mass is 297 g/mol. The fraction of sp³-hybridized carbons (Fsp3) is 0.278. The van der Waals surface area contributed by atoms with E-state index >= 15 is 0 Å². The highest BCUT2D eigenvalue weighted by Crippen LogP contribution is 2.28. The molecule has 3 aromatic rings. The lowest BCUT2D eigenvalue weighted by Gasteiger charge is -2.13. The molecule has 0 amide bonds. The molecule has 114 valence electrons. The number of ether oxygens (including phenoxy) is 1. The maximum atomic E-state index is 5.99. The maximum absolute atomic E-state index is 5.99. The van der Waals surface area contributed by atoms with Crippen molar-refractivity contribution in [3.63, 3.8) is 0 Å². The summed E-state index contributed by atoms with van der Waals surface area (Å²) in [6.45, 7) is 8.46. The first kappa shape index (κ1) is 14.4. The molecule has 4 nitrogen and oxygen atoms in total. The van der Waals surface area contributed by atoms with Crippen molar-refractivity contribution in [1.82, 2.24) is 4.98 Å². The standard InChI is InChI=1S/C18H19NO3/c1-11-7-8-12(2)17(13(11)3)21-10-15-14(4)22-18(19-15)16-6-5-9-20-16/h5-9H,10H2,1-4H3. The Labute approximate surface area is 129 Å². The first-order valence-electron chi connectivity index (χ1n) is 7.26. The second-order valence-electron chi connectivity index (χ2n) is 5.44. The van der Waals surface area contributed by atoms with Crippen LogP contribution in [0, 0.1) is 27.7 Å². The van der Waals surface area contributed by atoms with Gasteiger partial charge in [0.15, 0.2) is 5.76 Å². The number of furan rings is 1. The SMILES string of the molecule is Cc1ccc(C)c(OCc2nc(-c3ccco3)oc2C)c1C. The van der Waals surface area contributed by atoms with Crippen LogP contribution in [0.4, 0.5) is 0 Å². The Bertz CT molecular complexity index is 785. The van der Waals surface area contributed by atoms with Gasteiger partial charge >= 0.3 is 0 Å². The van der Waals surface area contributed by atoms with E-state index in [9.17, 15) is 0 Å². The Hall–Kier alpha value is -2.49. The van der Waals surface area contributed by atoms with Crippen LogP contribution in [0.25, 0.3) is 11.7 Å². The molecule has 0 atom stereocenters. The van der Waals surface area contributed by atoms with Crippen molar-refractivity contribution in [2.24, 2.45) is 0 Å². The number of aryl methyl sites for hydroxylation is 3. The third-order valence-electron chi connectivity index (χ3n) is 3.85.